The van der Waals surface area contributed by atoms with Crippen molar-refractivity contribution >= 4 is 12.1 Å². The predicted octanol–water partition coefficient (Wildman–Crippen LogP) is 1.66. The van der Waals surface area contributed by atoms with Crippen molar-refractivity contribution in [3.63, 3.8) is 0 Å². The van der Waals surface area contributed by atoms with E-state index in [0.29, 0.717) is 6.54 Å². The zero-order chi connectivity index (χ0) is 15.9. The van der Waals surface area contributed by atoms with Crippen LogP contribution in [0.2, 0.25) is 0 Å². The van der Waals surface area contributed by atoms with Crippen LogP contribution in [-0.4, -0.2) is 54.0 Å². The third-order valence-electron chi connectivity index (χ3n) is 3.91. The van der Waals surface area contributed by atoms with Gasteiger partial charge in [-0.25, -0.2) is 4.79 Å². The highest BCUT2D eigenvalue weighted by Crippen LogP contribution is 2.37. The molecule has 4 atom stereocenters. The van der Waals surface area contributed by atoms with Gasteiger partial charge in [0.1, 0.15) is 18.1 Å². The maximum Gasteiger partial charge on any atom is 0.410 e. The number of nitrogens with zero attached hydrogens (tertiary/aromatic N) is 1. The lowest BCUT2D eigenvalue weighted by Gasteiger charge is -2.36. The van der Waals surface area contributed by atoms with Gasteiger partial charge < -0.3 is 14.2 Å². The topological polar surface area (TPSA) is 65.1 Å². The Morgan fingerprint density at radius 3 is 2.73 bits per heavy atom. The van der Waals surface area contributed by atoms with Gasteiger partial charge in [-0.15, -0.1) is 0 Å². The van der Waals surface area contributed by atoms with Gasteiger partial charge in [-0.2, -0.15) is 0 Å². The summed E-state index contributed by atoms with van der Waals surface area (Å²) in [5, 5.41) is 0. The third-order valence-corrected chi connectivity index (χ3v) is 3.91. The van der Waals surface area contributed by atoms with E-state index in [4.69, 9.17) is 14.2 Å². The Morgan fingerprint density at radius 2 is 2.00 bits per heavy atom. The van der Waals surface area contributed by atoms with E-state index in [1.54, 1.807) is 11.0 Å². The van der Waals surface area contributed by atoms with Crippen molar-refractivity contribution < 1.29 is 23.8 Å². The minimum atomic E-state index is -0.587. The molecular formula is C16H21NO5. The Hall–Kier alpha value is -1.82. The fraction of sp³-hybridized carbons (Fsp3) is 0.625. The van der Waals surface area contributed by atoms with Gasteiger partial charge in [0.05, 0.1) is 18.2 Å². The minimum absolute atomic E-state index is 0.245. The summed E-state index contributed by atoms with van der Waals surface area (Å²) in [5.41, 5.74) is -0.587. The first kappa shape index (κ1) is 15.1. The lowest BCUT2D eigenvalue weighted by atomic mass is 9.90. The summed E-state index contributed by atoms with van der Waals surface area (Å²) in [6.45, 7) is 6.10. The second-order valence-electron chi connectivity index (χ2n) is 6.70. The van der Waals surface area contributed by atoms with Gasteiger partial charge in [0.2, 0.25) is 0 Å². The van der Waals surface area contributed by atoms with Crippen molar-refractivity contribution in [3.05, 3.63) is 24.3 Å². The van der Waals surface area contributed by atoms with Crippen LogP contribution >= 0.6 is 0 Å². The molecule has 3 heterocycles. The average Bonchev–Trinajstić information content (AvgIpc) is 2.70. The van der Waals surface area contributed by atoms with Crippen LogP contribution in [0.25, 0.3) is 0 Å². The molecule has 6 heteroatoms. The van der Waals surface area contributed by atoms with Crippen molar-refractivity contribution in [2.24, 2.45) is 5.92 Å². The molecule has 3 rings (SSSR count). The van der Waals surface area contributed by atoms with E-state index in [2.05, 4.69) is 0 Å². The zero-order valence-corrected chi connectivity index (χ0v) is 13.0. The molecule has 3 aliphatic rings. The summed E-state index contributed by atoms with van der Waals surface area (Å²) in [7, 11) is 0. The third kappa shape index (κ3) is 2.75. The van der Waals surface area contributed by atoms with Gasteiger partial charge in [-0.05, 0) is 26.8 Å². The average molecular weight is 307 g/mol. The highest BCUT2D eigenvalue weighted by molar-refractivity contribution is 5.78. The van der Waals surface area contributed by atoms with E-state index in [9.17, 15) is 9.59 Å². The first-order chi connectivity index (χ1) is 10.4. The lowest BCUT2D eigenvalue weighted by molar-refractivity contribution is -0.149. The molecule has 0 bridgehead atoms. The normalized spacial score (nSPS) is 33.8. The number of fused-ring (bicyclic) bond motifs is 3. The molecule has 0 aromatic carbocycles. The van der Waals surface area contributed by atoms with E-state index < -0.39 is 17.6 Å². The van der Waals surface area contributed by atoms with E-state index in [-0.39, 0.29) is 30.8 Å². The van der Waals surface area contributed by atoms with Crippen LogP contribution in [0.1, 0.15) is 20.8 Å². The van der Waals surface area contributed by atoms with Crippen LogP contribution in [0.5, 0.6) is 0 Å². The van der Waals surface area contributed by atoms with Crippen LogP contribution < -0.4 is 0 Å². The van der Waals surface area contributed by atoms with Crippen LogP contribution in [-0.2, 0) is 19.0 Å². The van der Waals surface area contributed by atoms with E-state index >= 15 is 0 Å². The van der Waals surface area contributed by atoms with Gasteiger partial charge >= 0.3 is 12.1 Å². The fourth-order valence-electron chi connectivity index (χ4n) is 3.08. The van der Waals surface area contributed by atoms with Crippen molar-refractivity contribution in [3.8, 4) is 0 Å². The van der Waals surface area contributed by atoms with Crippen LogP contribution in [0.15, 0.2) is 24.3 Å². The Balaban J connectivity index is 1.87. The number of cyclic esters (lactones) is 1. The van der Waals surface area contributed by atoms with Crippen molar-refractivity contribution in [1.29, 1.82) is 0 Å². The summed E-state index contributed by atoms with van der Waals surface area (Å²) in [6.07, 6.45) is 6.28. The molecule has 0 aromatic heterocycles. The van der Waals surface area contributed by atoms with E-state index in [0.717, 1.165) is 0 Å². The molecule has 22 heavy (non-hydrogen) atoms. The van der Waals surface area contributed by atoms with Crippen LogP contribution in [0.4, 0.5) is 4.79 Å². The zero-order valence-electron chi connectivity index (χ0n) is 13.0. The first-order valence-corrected chi connectivity index (χ1v) is 7.52. The highest BCUT2D eigenvalue weighted by atomic mass is 16.6. The van der Waals surface area contributed by atoms with Gasteiger partial charge in [0.25, 0.3) is 0 Å². The monoisotopic (exact) mass is 307 g/mol. The molecule has 6 nitrogen and oxygen atoms in total. The van der Waals surface area contributed by atoms with Crippen molar-refractivity contribution in [2.45, 2.75) is 44.6 Å². The van der Waals surface area contributed by atoms with Crippen LogP contribution in [0.3, 0.4) is 0 Å². The Bertz CT molecular complexity index is 533. The molecule has 1 saturated heterocycles. The summed E-state index contributed by atoms with van der Waals surface area (Å²) >= 11 is 0. The molecule has 0 unspecified atom stereocenters. The number of carbonyl (C=O) groups excluding carboxylic acids is 2. The summed E-state index contributed by atoms with van der Waals surface area (Å²) in [5.74, 6) is -0.840. The Labute approximate surface area is 129 Å². The molecule has 0 saturated carbocycles. The number of ether oxygens (including phenoxy) is 3. The molecule has 0 spiro atoms. The van der Waals surface area contributed by atoms with Gasteiger partial charge in [0, 0.05) is 6.54 Å². The molecule has 0 aliphatic carbocycles. The quantitative estimate of drug-likeness (QED) is 0.503. The second-order valence-corrected chi connectivity index (χ2v) is 6.70. The molecule has 0 radical (unpaired) electrons. The lowest BCUT2D eigenvalue weighted by Crippen LogP contribution is -2.53. The largest absolute Gasteiger partial charge is 0.461 e. The summed E-state index contributed by atoms with van der Waals surface area (Å²) < 4.78 is 16.6. The minimum Gasteiger partial charge on any atom is -0.461 e. The second kappa shape index (κ2) is 5.43. The number of esters is 1. The Morgan fingerprint density at radius 1 is 1.27 bits per heavy atom. The number of carbonyl (C=O) groups is 2. The molecule has 1 fully saturated rings. The van der Waals surface area contributed by atoms with E-state index in [1.165, 1.54) is 0 Å². The molecule has 120 valence electrons. The van der Waals surface area contributed by atoms with Gasteiger partial charge in [-0.1, -0.05) is 18.2 Å². The molecular weight excluding hydrogens is 286 g/mol. The number of hydrogen-bond donors (Lipinski definition) is 0. The first-order valence-electron chi connectivity index (χ1n) is 7.52. The van der Waals surface area contributed by atoms with Gasteiger partial charge in [0.15, 0.2) is 0 Å². The summed E-state index contributed by atoms with van der Waals surface area (Å²) in [6, 6.07) is -0.389. The highest BCUT2D eigenvalue weighted by Gasteiger charge is 2.53. The predicted molar refractivity (Wildman–Crippen MR) is 78.1 cm³/mol. The fourth-order valence-corrected chi connectivity index (χ4v) is 3.08. The van der Waals surface area contributed by atoms with Crippen LogP contribution in [0, 0.1) is 5.92 Å². The van der Waals surface area contributed by atoms with Crippen molar-refractivity contribution in [1.82, 2.24) is 4.90 Å². The Kier molecular flexibility index (Phi) is 3.72. The SMILES string of the molecule is CC(C)(C)OC(=O)N1CC=C[C@H]2O[C@H]3C=CCOC(=O)[C@H]3[C@@H]21. The maximum absolute atomic E-state index is 12.5. The maximum atomic E-state index is 12.5. The molecule has 3 aliphatic heterocycles. The number of amides is 1. The van der Waals surface area contributed by atoms with Gasteiger partial charge in [-0.3, -0.25) is 9.69 Å². The number of hydrogen-bond acceptors (Lipinski definition) is 5. The number of rotatable bonds is 0. The van der Waals surface area contributed by atoms with E-state index in [1.807, 2.05) is 39.0 Å². The summed E-state index contributed by atoms with van der Waals surface area (Å²) in [4.78, 5) is 26.3. The van der Waals surface area contributed by atoms with Crippen molar-refractivity contribution in [2.75, 3.05) is 13.2 Å². The smallest absolute Gasteiger partial charge is 0.410 e. The molecule has 0 N–H and O–H groups in total. The molecule has 1 amide bonds. The molecule has 0 aromatic rings. The standard InChI is InChI=1S/C16H21NO5/c1-16(2,3)22-15(19)17-8-4-6-11-13(17)12-10(21-11)7-5-9-20-14(12)18/h4-7,10-13H,8-9H2,1-3H3/t10-,11+,12+,13+/m0/s1.